The summed E-state index contributed by atoms with van der Waals surface area (Å²) >= 11 is 18.3. The van der Waals surface area contributed by atoms with Crippen LogP contribution in [0.1, 0.15) is 52.2 Å². The van der Waals surface area contributed by atoms with Crippen LogP contribution in [0, 0.1) is 5.92 Å². The van der Waals surface area contributed by atoms with Crippen LogP contribution in [0.3, 0.4) is 0 Å². The fourth-order valence-electron chi connectivity index (χ4n) is 3.66. The molecule has 0 fully saturated rings. The molecule has 1 aliphatic rings. The number of hydroxylamine groups is 1. The maximum atomic E-state index is 14.4. The third-order valence-corrected chi connectivity index (χ3v) is 6.04. The molecule has 212 valence electrons. The van der Waals surface area contributed by atoms with Crippen molar-refractivity contribution in [2.45, 2.75) is 58.4 Å². The Bertz CT molecular complexity index is 1280. The van der Waals surface area contributed by atoms with E-state index in [1.807, 2.05) is 13.8 Å². The Balaban J connectivity index is 2.10. The predicted octanol–water partition coefficient (Wildman–Crippen LogP) is 7.80. The summed E-state index contributed by atoms with van der Waals surface area (Å²) in [5.41, 5.74) is 0.660. The van der Waals surface area contributed by atoms with Gasteiger partial charge in [-0.3, -0.25) is 20.5 Å². The Morgan fingerprint density at radius 2 is 1.69 bits per heavy atom. The Labute approximate surface area is 239 Å². The Morgan fingerprint density at radius 3 is 2.23 bits per heavy atom. The van der Waals surface area contributed by atoms with Crippen molar-refractivity contribution >= 4 is 58.2 Å². The normalized spacial score (nSPS) is 17.5. The molecule has 0 radical (unpaired) electrons. The molecule has 0 aliphatic carbocycles. The van der Waals surface area contributed by atoms with Crippen molar-refractivity contribution in [3.63, 3.8) is 0 Å². The van der Waals surface area contributed by atoms with E-state index in [2.05, 4.69) is 10.9 Å². The summed E-state index contributed by atoms with van der Waals surface area (Å²) in [4.78, 5) is 30.8. The summed E-state index contributed by atoms with van der Waals surface area (Å²) in [6.07, 6.45) is -4.94. The van der Waals surface area contributed by atoms with E-state index in [0.29, 0.717) is 0 Å². The van der Waals surface area contributed by atoms with Gasteiger partial charge in [0.15, 0.2) is 0 Å². The molecule has 1 aliphatic heterocycles. The number of nitrogens with zero attached hydrogens (tertiary/aromatic N) is 1. The van der Waals surface area contributed by atoms with E-state index in [-0.39, 0.29) is 49.9 Å². The lowest BCUT2D eigenvalue weighted by molar-refractivity contribution is -0.269. The smallest absolute Gasteiger partial charge is 0.434 e. The Kier molecular flexibility index (Phi) is 9.06. The third-order valence-electron chi connectivity index (χ3n) is 5.29. The molecule has 3 rings (SSSR count). The number of hydrogen-bond donors (Lipinski definition) is 2. The van der Waals surface area contributed by atoms with Crippen molar-refractivity contribution in [3.8, 4) is 0 Å². The molecule has 2 amide bonds. The maximum Gasteiger partial charge on any atom is 0.434 e. The van der Waals surface area contributed by atoms with Crippen LogP contribution in [0.2, 0.25) is 15.1 Å². The third kappa shape index (κ3) is 7.30. The molecule has 2 N–H and O–H groups in total. The van der Waals surface area contributed by atoms with Gasteiger partial charge in [-0.2, -0.15) is 18.2 Å². The topological polar surface area (TPSA) is 79.9 Å². The molecule has 0 aromatic heterocycles. The van der Waals surface area contributed by atoms with Gasteiger partial charge in [0.05, 0.1) is 16.4 Å². The fourth-order valence-corrected chi connectivity index (χ4v) is 4.39. The summed E-state index contributed by atoms with van der Waals surface area (Å²) in [6, 6.07) is 7.61. The van der Waals surface area contributed by atoms with E-state index < -0.39 is 29.4 Å². The average Bonchev–Trinajstić information content (AvgIpc) is 3.23. The minimum Gasteiger partial charge on any atom is -0.442 e. The lowest BCUT2D eigenvalue weighted by atomic mass is 9.91. The molecule has 2 aromatic carbocycles. The predicted molar refractivity (Wildman–Crippen MR) is 144 cm³/mol. The zero-order valence-electron chi connectivity index (χ0n) is 21.7. The van der Waals surface area contributed by atoms with Crippen LogP contribution in [-0.4, -0.2) is 23.8 Å². The number of alkyl halides is 3. The molecule has 1 heterocycles. The quantitative estimate of drug-likeness (QED) is 0.339. The number of halogens is 6. The SMILES string of the molecule is CC(C)CC(=O)NN(C(=O)OC(C)(C)C)c1cc(C2=CC(c3cc(Cl)cc(Cl)c3)(C(F)(F)F)ON2)ccc1Cl. The molecule has 0 saturated heterocycles. The first-order valence-corrected chi connectivity index (χ1v) is 12.9. The van der Waals surface area contributed by atoms with Crippen LogP contribution in [0.25, 0.3) is 5.70 Å². The zero-order valence-corrected chi connectivity index (χ0v) is 23.9. The zero-order chi connectivity index (χ0) is 29.3. The van der Waals surface area contributed by atoms with E-state index in [9.17, 15) is 22.8 Å². The van der Waals surface area contributed by atoms with Crippen molar-refractivity contribution in [2.75, 3.05) is 5.01 Å². The van der Waals surface area contributed by atoms with Crippen LogP contribution in [-0.2, 0) is 20.0 Å². The number of hydrogen-bond acceptors (Lipinski definition) is 5. The van der Waals surface area contributed by atoms with Gasteiger partial charge in [-0.25, -0.2) is 4.79 Å². The summed E-state index contributed by atoms with van der Waals surface area (Å²) in [7, 11) is 0. The molecule has 13 heteroatoms. The average molecular weight is 609 g/mol. The number of amides is 2. The highest BCUT2D eigenvalue weighted by Crippen LogP contribution is 2.48. The van der Waals surface area contributed by atoms with E-state index in [1.165, 1.54) is 24.3 Å². The standard InChI is InChI=1S/C26H27Cl3F3N3O4/c1-14(2)8-22(36)33-35(23(37)38-24(3,4)5)21-9-15(6-7-19(21)29)20-13-25(39-34-20,26(30,31)32)16-10-17(27)12-18(28)11-16/h6-7,9-14,34H,8H2,1-5H3,(H,33,36). The number of ether oxygens (including phenoxy) is 1. The first kappa shape index (κ1) is 30.9. The van der Waals surface area contributed by atoms with Crippen LogP contribution >= 0.6 is 34.8 Å². The van der Waals surface area contributed by atoms with E-state index in [1.54, 1.807) is 20.8 Å². The largest absolute Gasteiger partial charge is 0.442 e. The summed E-state index contributed by atoms with van der Waals surface area (Å²) in [6.45, 7) is 8.56. The van der Waals surface area contributed by atoms with Crippen LogP contribution in [0.5, 0.6) is 0 Å². The first-order chi connectivity index (χ1) is 17.9. The number of anilines is 1. The van der Waals surface area contributed by atoms with Crippen molar-refractivity contribution < 1.29 is 32.3 Å². The highest BCUT2D eigenvalue weighted by Gasteiger charge is 2.59. The second-order valence-corrected chi connectivity index (χ2v) is 11.5. The molecular weight excluding hydrogens is 582 g/mol. The van der Waals surface area contributed by atoms with Gasteiger partial charge in [-0.05, 0) is 63.1 Å². The van der Waals surface area contributed by atoms with Gasteiger partial charge in [0.2, 0.25) is 11.5 Å². The second kappa shape index (κ2) is 11.4. The van der Waals surface area contributed by atoms with Crippen molar-refractivity contribution in [2.24, 2.45) is 5.92 Å². The van der Waals surface area contributed by atoms with Gasteiger partial charge >= 0.3 is 12.3 Å². The highest BCUT2D eigenvalue weighted by molar-refractivity contribution is 6.35. The molecule has 7 nitrogen and oxygen atoms in total. The lowest BCUT2D eigenvalue weighted by Crippen LogP contribution is -2.49. The number of carbonyl (C=O) groups is 2. The molecular formula is C26H27Cl3F3N3O4. The number of benzene rings is 2. The lowest BCUT2D eigenvalue weighted by Gasteiger charge is -2.28. The van der Waals surface area contributed by atoms with Crippen molar-refractivity contribution in [3.05, 3.63) is 68.7 Å². The van der Waals surface area contributed by atoms with Gasteiger partial charge in [-0.1, -0.05) is 54.7 Å². The van der Waals surface area contributed by atoms with E-state index >= 15 is 0 Å². The van der Waals surface area contributed by atoms with Crippen molar-refractivity contribution in [1.29, 1.82) is 0 Å². The van der Waals surface area contributed by atoms with Gasteiger partial charge in [0.1, 0.15) is 5.60 Å². The number of nitrogens with one attached hydrogen (secondary N) is 2. The molecule has 1 atom stereocenters. The molecule has 39 heavy (non-hydrogen) atoms. The minimum absolute atomic E-state index is 0.00880. The van der Waals surface area contributed by atoms with Gasteiger partial charge in [0, 0.05) is 27.6 Å². The second-order valence-electron chi connectivity index (χ2n) is 10.3. The Morgan fingerprint density at radius 1 is 1.08 bits per heavy atom. The number of rotatable bonds is 5. The summed E-state index contributed by atoms with van der Waals surface area (Å²) in [5, 5.41) is 0.833. The van der Waals surface area contributed by atoms with E-state index in [0.717, 1.165) is 23.2 Å². The molecule has 0 spiro atoms. The summed E-state index contributed by atoms with van der Waals surface area (Å²) in [5.74, 6) is -0.513. The monoisotopic (exact) mass is 607 g/mol. The molecule has 1 unspecified atom stereocenters. The van der Waals surface area contributed by atoms with Gasteiger partial charge in [-0.15, -0.1) is 0 Å². The van der Waals surface area contributed by atoms with Crippen LogP contribution < -0.4 is 15.9 Å². The van der Waals surface area contributed by atoms with Gasteiger partial charge < -0.3 is 4.74 Å². The highest BCUT2D eigenvalue weighted by atomic mass is 35.5. The number of hydrazine groups is 1. The van der Waals surface area contributed by atoms with Crippen LogP contribution in [0.15, 0.2) is 42.5 Å². The maximum absolute atomic E-state index is 14.4. The fraction of sp³-hybridized carbons (Fsp3) is 0.385. The van der Waals surface area contributed by atoms with Crippen molar-refractivity contribution in [1.82, 2.24) is 10.9 Å². The van der Waals surface area contributed by atoms with E-state index in [4.69, 9.17) is 44.4 Å². The first-order valence-electron chi connectivity index (χ1n) is 11.7. The number of carbonyl (C=O) groups excluding carboxylic acids is 2. The Hall–Kier alpha value is -2.66. The molecule has 0 bridgehead atoms. The minimum atomic E-state index is -4.92. The molecule has 2 aromatic rings. The van der Waals surface area contributed by atoms with Crippen LogP contribution in [0.4, 0.5) is 23.7 Å². The summed E-state index contributed by atoms with van der Waals surface area (Å²) < 4.78 is 48.6. The van der Waals surface area contributed by atoms with Gasteiger partial charge in [0.25, 0.3) is 0 Å². The molecule has 0 saturated carbocycles.